The third kappa shape index (κ3) is 4.48. The van der Waals surface area contributed by atoms with Gasteiger partial charge in [-0.1, -0.05) is 30.4 Å². The van der Waals surface area contributed by atoms with Crippen LogP contribution in [0.15, 0.2) is 60.4 Å². The molecule has 1 aliphatic rings. The molecule has 0 unspecified atom stereocenters. The molecule has 0 fully saturated rings. The third-order valence-corrected chi connectivity index (χ3v) is 4.53. The molecule has 0 bridgehead atoms. The summed E-state index contributed by atoms with van der Waals surface area (Å²) in [5.41, 5.74) is 1.32. The zero-order valence-electron chi connectivity index (χ0n) is 16.7. The highest BCUT2D eigenvalue weighted by molar-refractivity contribution is 6.12. The number of nitrogens with zero attached hydrogens (tertiary/aromatic N) is 1. The molecule has 2 aromatic carbocycles. The third-order valence-electron chi connectivity index (χ3n) is 4.53. The molecule has 6 nitrogen and oxygen atoms in total. The summed E-state index contributed by atoms with van der Waals surface area (Å²) in [5, 5.41) is 0. The lowest BCUT2D eigenvalue weighted by molar-refractivity contribution is 0.101. The van der Waals surface area contributed by atoms with Gasteiger partial charge in [0.2, 0.25) is 5.78 Å². The standard InChI is InChI=1S/C23H23NO5/c1-4-24(5-2)23(26)28-17-13-14-18-21(15-17)29-20(22(18)25)12-8-10-16-9-6-7-11-19(16)27-3/h6-15H,4-5H2,1-3H3. The highest BCUT2D eigenvalue weighted by atomic mass is 16.6. The van der Waals surface area contributed by atoms with E-state index in [1.807, 2.05) is 44.2 Å². The van der Waals surface area contributed by atoms with Crippen molar-refractivity contribution in [2.45, 2.75) is 13.8 Å². The summed E-state index contributed by atoms with van der Waals surface area (Å²) in [5.74, 6) is 1.43. The smallest absolute Gasteiger partial charge is 0.415 e. The van der Waals surface area contributed by atoms with Crippen molar-refractivity contribution in [3.05, 3.63) is 71.5 Å². The van der Waals surface area contributed by atoms with Crippen molar-refractivity contribution in [1.82, 2.24) is 4.90 Å². The van der Waals surface area contributed by atoms with Crippen LogP contribution in [0.3, 0.4) is 0 Å². The lowest BCUT2D eigenvalue weighted by Gasteiger charge is -2.17. The van der Waals surface area contributed by atoms with E-state index in [0.717, 1.165) is 11.3 Å². The van der Waals surface area contributed by atoms with Gasteiger partial charge in [0.1, 0.15) is 17.2 Å². The Hall–Kier alpha value is -3.54. The van der Waals surface area contributed by atoms with E-state index in [0.29, 0.717) is 30.2 Å². The first-order chi connectivity index (χ1) is 14.1. The summed E-state index contributed by atoms with van der Waals surface area (Å²) in [4.78, 5) is 26.2. The molecule has 0 N–H and O–H groups in total. The van der Waals surface area contributed by atoms with Gasteiger partial charge < -0.3 is 19.1 Å². The van der Waals surface area contributed by atoms with Crippen molar-refractivity contribution in [3.63, 3.8) is 0 Å². The average Bonchev–Trinajstić information content (AvgIpc) is 3.04. The average molecular weight is 393 g/mol. The summed E-state index contributed by atoms with van der Waals surface area (Å²) >= 11 is 0. The summed E-state index contributed by atoms with van der Waals surface area (Å²) in [6.07, 6.45) is 4.74. The first-order valence-corrected chi connectivity index (χ1v) is 9.42. The number of rotatable bonds is 6. The first-order valence-electron chi connectivity index (χ1n) is 9.42. The van der Waals surface area contributed by atoms with Gasteiger partial charge in [0.15, 0.2) is 5.76 Å². The molecule has 0 saturated carbocycles. The van der Waals surface area contributed by atoms with E-state index in [1.54, 1.807) is 42.4 Å². The zero-order valence-corrected chi connectivity index (χ0v) is 16.7. The van der Waals surface area contributed by atoms with Gasteiger partial charge in [-0.3, -0.25) is 4.79 Å². The van der Waals surface area contributed by atoms with E-state index in [-0.39, 0.29) is 11.5 Å². The van der Waals surface area contributed by atoms with Crippen LogP contribution in [0.1, 0.15) is 29.8 Å². The Morgan fingerprint density at radius 1 is 1.14 bits per heavy atom. The number of ketones is 1. The molecule has 0 aliphatic carbocycles. The van der Waals surface area contributed by atoms with Gasteiger partial charge in [0, 0.05) is 24.7 Å². The molecule has 150 valence electrons. The predicted molar refractivity (Wildman–Crippen MR) is 110 cm³/mol. The van der Waals surface area contributed by atoms with Crippen molar-refractivity contribution in [3.8, 4) is 17.2 Å². The van der Waals surface area contributed by atoms with Crippen LogP contribution in [0.5, 0.6) is 17.2 Å². The fourth-order valence-electron chi connectivity index (χ4n) is 2.94. The summed E-state index contributed by atoms with van der Waals surface area (Å²) in [6.45, 7) is 4.87. The highest BCUT2D eigenvalue weighted by Gasteiger charge is 2.27. The van der Waals surface area contributed by atoms with Crippen LogP contribution in [0, 0.1) is 0 Å². The topological polar surface area (TPSA) is 65.1 Å². The van der Waals surface area contributed by atoms with Crippen molar-refractivity contribution in [1.29, 1.82) is 0 Å². The van der Waals surface area contributed by atoms with Crippen molar-refractivity contribution in [2.24, 2.45) is 0 Å². The number of hydrogen-bond donors (Lipinski definition) is 0. The van der Waals surface area contributed by atoms with E-state index < -0.39 is 6.09 Å². The molecule has 3 rings (SSSR count). The van der Waals surface area contributed by atoms with E-state index in [9.17, 15) is 9.59 Å². The Morgan fingerprint density at radius 3 is 2.62 bits per heavy atom. The Balaban J connectivity index is 1.74. The Kier molecular flexibility index (Phi) is 6.34. The van der Waals surface area contributed by atoms with E-state index in [1.165, 1.54) is 0 Å². The maximum atomic E-state index is 12.5. The number of methoxy groups -OCH3 is 1. The number of carbonyl (C=O) groups is 2. The molecule has 1 heterocycles. The van der Waals surface area contributed by atoms with Gasteiger partial charge in [-0.2, -0.15) is 0 Å². The molecule has 6 heteroatoms. The van der Waals surface area contributed by atoms with Crippen molar-refractivity contribution < 1.29 is 23.8 Å². The monoisotopic (exact) mass is 393 g/mol. The summed E-state index contributed by atoms with van der Waals surface area (Å²) in [7, 11) is 1.61. The van der Waals surface area contributed by atoms with Crippen LogP contribution in [-0.2, 0) is 0 Å². The van der Waals surface area contributed by atoms with Gasteiger partial charge in [-0.25, -0.2) is 4.79 Å². The second kappa shape index (κ2) is 9.10. The van der Waals surface area contributed by atoms with Crippen LogP contribution in [0.2, 0.25) is 0 Å². The number of fused-ring (bicyclic) bond motifs is 1. The number of amides is 1. The molecule has 1 aliphatic heterocycles. The van der Waals surface area contributed by atoms with Gasteiger partial charge in [0.25, 0.3) is 0 Å². The quantitative estimate of drug-likeness (QED) is 0.665. The van der Waals surface area contributed by atoms with Crippen LogP contribution in [0.4, 0.5) is 4.79 Å². The summed E-state index contributed by atoms with van der Waals surface area (Å²) < 4.78 is 16.3. The molecule has 29 heavy (non-hydrogen) atoms. The van der Waals surface area contributed by atoms with Crippen LogP contribution >= 0.6 is 0 Å². The second-order valence-corrected chi connectivity index (χ2v) is 6.26. The minimum absolute atomic E-state index is 0.207. The molecular weight excluding hydrogens is 370 g/mol. The number of hydrogen-bond acceptors (Lipinski definition) is 5. The van der Waals surface area contributed by atoms with Crippen LogP contribution < -0.4 is 14.2 Å². The zero-order chi connectivity index (χ0) is 20.8. The minimum atomic E-state index is -0.435. The molecule has 0 saturated heterocycles. The largest absolute Gasteiger partial charge is 0.496 e. The highest BCUT2D eigenvalue weighted by Crippen LogP contribution is 2.34. The molecule has 0 spiro atoms. The van der Waals surface area contributed by atoms with Crippen LogP contribution in [-0.4, -0.2) is 37.0 Å². The number of carbonyl (C=O) groups excluding carboxylic acids is 2. The van der Waals surface area contributed by atoms with Gasteiger partial charge in [-0.15, -0.1) is 0 Å². The number of benzene rings is 2. The molecular formula is C23H23NO5. The maximum Gasteiger partial charge on any atom is 0.415 e. The number of para-hydroxylation sites is 1. The lowest BCUT2D eigenvalue weighted by Crippen LogP contribution is -2.33. The van der Waals surface area contributed by atoms with Crippen molar-refractivity contribution >= 4 is 18.0 Å². The van der Waals surface area contributed by atoms with Gasteiger partial charge in [0.05, 0.1) is 12.7 Å². The second-order valence-electron chi connectivity index (χ2n) is 6.26. The van der Waals surface area contributed by atoms with Gasteiger partial charge >= 0.3 is 6.09 Å². The first kappa shape index (κ1) is 20.2. The SMILES string of the molecule is CCN(CC)C(=O)Oc1ccc2c(c1)OC(=CC=Cc1ccccc1OC)C2=O. The maximum absolute atomic E-state index is 12.5. The Bertz CT molecular complexity index is 973. The van der Waals surface area contributed by atoms with E-state index in [4.69, 9.17) is 14.2 Å². The van der Waals surface area contributed by atoms with E-state index >= 15 is 0 Å². The number of ether oxygens (including phenoxy) is 3. The van der Waals surface area contributed by atoms with Crippen LogP contribution in [0.25, 0.3) is 6.08 Å². The molecule has 2 aromatic rings. The lowest BCUT2D eigenvalue weighted by atomic mass is 10.1. The van der Waals surface area contributed by atoms with Crippen molar-refractivity contribution in [2.75, 3.05) is 20.2 Å². The number of Topliss-reactive ketones (excluding diaryl/α,β-unsaturated/α-hetero) is 1. The predicted octanol–water partition coefficient (Wildman–Crippen LogP) is 4.71. The fraction of sp³-hybridized carbons (Fsp3) is 0.217. The Labute approximate surface area is 170 Å². The number of allylic oxidation sites excluding steroid dienone is 3. The minimum Gasteiger partial charge on any atom is -0.496 e. The normalized spacial score (nSPS) is 14.0. The molecule has 0 atom stereocenters. The molecule has 1 amide bonds. The van der Waals surface area contributed by atoms with E-state index in [2.05, 4.69) is 0 Å². The molecule has 0 aromatic heterocycles. The summed E-state index contributed by atoms with van der Waals surface area (Å²) in [6, 6.07) is 12.3. The fourth-order valence-corrected chi connectivity index (χ4v) is 2.94. The molecule has 0 radical (unpaired) electrons. The van der Waals surface area contributed by atoms with Gasteiger partial charge in [-0.05, 0) is 38.1 Å². The Morgan fingerprint density at radius 2 is 1.90 bits per heavy atom.